The normalized spacial score (nSPS) is 11.5. The lowest BCUT2D eigenvalue weighted by Gasteiger charge is -2.11. The lowest BCUT2D eigenvalue weighted by molar-refractivity contribution is 0.316. The molecule has 0 aliphatic rings. The van der Waals surface area contributed by atoms with Crippen LogP contribution in [-0.4, -0.2) is 21.3 Å². The molecule has 0 aliphatic heterocycles. The third-order valence-corrected chi connectivity index (χ3v) is 4.42. The summed E-state index contributed by atoms with van der Waals surface area (Å²) in [5.41, 5.74) is 0. The van der Waals surface area contributed by atoms with E-state index >= 15 is 0 Å². The molecule has 0 atom stereocenters. The molecule has 1 rings (SSSR count). The number of ether oxygens (including phenoxy) is 1. The zero-order valence-corrected chi connectivity index (χ0v) is 12.1. The summed E-state index contributed by atoms with van der Waals surface area (Å²) in [4.78, 5) is 0.0720. The van der Waals surface area contributed by atoms with Gasteiger partial charge in [-0.2, -0.15) is 0 Å². The Hall–Kier alpha value is -0.260. The monoisotopic (exact) mass is 326 g/mol. The molecule has 16 heavy (non-hydrogen) atoms. The molecule has 0 spiro atoms. The Kier molecular flexibility index (Phi) is 4.64. The van der Waals surface area contributed by atoms with Crippen LogP contribution in [0.5, 0.6) is 5.75 Å². The van der Waals surface area contributed by atoms with E-state index in [1.165, 1.54) is 0 Å². The molecule has 90 valence electrons. The van der Waals surface area contributed by atoms with Gasteiger partial charge in [0, 0.05) is 10.7 Å². The van der Waals surface area contributed by atoms with Crippen LogP contribution in [0.2, 0.25) is 5.02 Å². The van der Waals surface area contributed by atoms with Crippen LogP contribution in [0, 0.1) is 0 Å². The number of rotatable bonds is 4. The van der Waals surface area contributed by atoms with E-state index in [2.05, 4.69) is 15.9 Å². The third-order valence-electron chi connectivity index (χ3n) is 1.85. The van der Waals surface area contributed by atoms with Gasteiger partial charge in [-0.25, -0.2) is 8.42 Å². The predicted molar refractivity (Wildman–Crippen MR) is 68.0 cm³/mol. The van der Waals surface area contributed by atoms with Crippen LogP contribution in [0.1, 0.15) is 13.3 Å². The van der Waals surface area contributed by atoms with E-state index in [9.17, 15) is 8.42 Å². The van der Waals surface area contributed by atoms with Gasteiger partial charge in [0.1, 0.15) is 15.7 Å². The Bertz CT molecular complexity index is 485. The minimum absolute atomic E-state index is 0.0720. The molecule has 3 nitrogen and oxygen atoms in total. The van der Waals surface area contributed by atoms with Gasteiger partial charge in [0.15, 0.2) is 9.84 Å². The van der Waals surface area contributed by atoms with E-state index in [0.717, 1.165) is 12.7 Å². The molecule has 1 aromatic carbocycles. The quantitative estimate of drug-likeness (QED) is 0.852. The average Bonchev–Trinajstić information content (AvgIpc) is 2.14. The van der Waals surface area contributed by atoms with Crippen molar-refractivity contribution in [1.29, 1.82) is 0 Å². The van der Waals surface area contributed by atoms with Gasteiger partial charge in [0.2, 0.25) is 0 Å². The van der Waals surface area contributed by atoms with Crippen molar-refractivity contribution in [2.24, 2.45) is 0 Å². The van der Waals surface area contributed by atoms with Crippen molar-refractivity contribution in [2.75, 3.05) is 12.9 Å². The smallest absolute Gasteiger partial charge is 0.178 e. The molecule has 1 aromatic rings. The van der Waals surface area contributed by atoms with Gasteiger partial charge < -0.3 is 4.74 Å². The minimum Gasteiger partial charge on any atom is -0.492 e. The van der Waals surface area contributed by atoms with Gasteiger partial charge in [-0.1, -0.05) is 18.5 Å². The number of hydrogen-bond donors (Lipinski definition) is 0. The summed E-state index contributed by atoms with van der Waals surface area (Å²) in [6.07, 6.45) is 1.95. The molecule has 0 amide bonds. The summed E-state index contributed by atoms with van der Waals surface area (Å²) < 4.78 is 28.9. The van der Waals surface area contributed by atoms with E-state index < -0.39 is 9.84 Å². The van der Waals surface area contributed by atoms with Gasteiger partial charge >= 0.3 is 0 Å². The van der Waals surface area contributed by atoms with Crippen molar-refractivity contribution in [3.63, 3.8) is 0 Å². The maximum atomic E-state index is 11.5. The maximum absolute atomic E-state index is 11.5. The highest BCUT2D eigenvalue weighted by Crippen LogP contribution is 2.36. The second kappa shape index (κ2) is 5.38. The van der Waals surface area contributed by atoms with Crippen molar-refractivity contribution in [3.8, 4) is 5.75 Å². The van der Waals surface area contributed by atoms with E-state index in [0.29, 0.717) is 16.8 Å². The molecular formula is C10H12BrClO3S. The molecule has 0 unspecified atom stereocenters. The molecule has 6 heteroatoms. The second-order valence-electron chi connectivity index (χ2n) is 3.31. The summed E-state index contributed by atoms with van der Waals surface area (Å²) in [6, 6.07) is 3.27. The number of hydrogen-bond acceptors (Lipinski definition) is 3. The van der Waals surface area contributed by atoms with Crippen molar-refractivity contribution < 1.29 is 13.2 Å². The van der Waals surface area contributed by atoms with E-state index in [1.807, 2.05) is 6.92 Å². The third kappa shape index (κ3) is 3.12. The molecule has 0 fully saturated rings. The highest BCUT2D eigenvalue weighted by Gasteiger charge is 2.19. The standard InChI is InChI=1S/C10H12BrClO3S/c1-3-6-15-8-5-4-7(11)10(9(8)12)16(2,13)14/h4-5H,3,6H2,1-2H3. The van der Waals surface area contributed by atoms with Gasteiger partial charge in [0.05, 0.1) is 6.61 Å². The van der Waals surface area contributed by atoms with Crippen LogP contribution in [0.4, 0.5) is 0 Å². The summed E-state index contributed by atoms with van der Waals surface area (Å²) in [5.74, 6) is 0.396. The first-order valence-electron chi connectivity index (χ1n) is 4.68. The maximum Gasteiger partial charge on any atom is 0.178 e. The van der Waals surface area contributed by atoms with Crippen molar-refractivity contribution in [3.05, 3.63) is 21.6 Å². The molecule has 0 saturated heterocycles. The Morgan fingerprint density at radius 2 is 2.06 bits per heavy atom. The molecule has 0 saturated carbocycles. The number of sulfone groups is 1. The van der Waals surface area contributed by atoms with Crippen molar-refractivity contribution in [2.45, 2.75) is 18.2 Å². The molecule has 0 heterocycles. The number of halogens is 2. The van der Waals surface area contributed by atoms with Crippen LogP contribution >= 0.6 is 27.5 Å². The highest BCUT2D eigenvalue weighted by atomic mass is 79.9. The Morgan fingerprint density at radius 3 is 2.56 bits per heavy atom. The highest BCUT2D eigenvalue weighted by molar-refractivity contribution is 9.10. The van der Waals surface area contributed by atoms with Crippen LogP contribution in [0.25, 0.3) is 0 Å². The van der Waals surface area contributed by atoms with Crippen LogP contribution in [0.3, 0.4) is 0 Å². The zero-order valence-electron chi connectivity index (χ0n) is 8.96. The summed E-state index contributed by atoms with van der Waals surface area (Å²) >= 11 is 9.17. The first-order chi connectivity index (χ1) is 7.38. The molecule has 0 aliphatic carbocycles. The summed E-state index contributed by atoms with van der Waals surface area (Å²) in [6.45, 7) is 2.47. The fourth-order valence-corrected chi connectivity index (χ4v) is 3.99. The number of benzene rings is 1. The second-order valence-corrected chi connectivity index (χ2v) is 6.49. The minimum atomic E-state index is -3.37. The molecule has 0 bridgehead atoms. The van der Waals surface area contributed by atoms with Gasteiger partial charge in [-0.15, -0.1) is 0 Å². The topological polar surface area (TPSA) is 43.4 Å². The van der Waals surface area contributed by atoms with Crippen LogP contribution < -0.4 is 4.74 Å². The Labute approximate surface area is 109 Å². The first-order valence-corrected chi connectivity index (χ1v) is 7.75. The fourth-order valence-electron chi connectivity index (χ4n) is 1.18. The van der Waals surface area contributed by atoms with Crippen LogP contribution in [0.15, 0.2) is 21.5 Å². The zero-order chi connectivity index (χ0) is 12.3. The Balaban J connectivity index is 3.28. The fraction of sp³-hybridized carbons (Fsp3) is 0.400. The van der Waals surface area contributed by atoms with Gasteiger partial charge in [0.25, 0.3) is 0 Å². The molecule has 0 aromatic heterocycles. The first kappa shape index (κ1) is 13.8. The SMILES string of the molecule is CCCOc1ccc(Br)c(S(C)(=O)=O)c1Cl. The molecular weight excluding hydrogens is 316 g/mol. The van der Waals surface area contributed by atoms with Gasteiger partial charge in [-0.05, 0) is 34.5 Å². The van der Waals surface area contributed by atoms with Crippen molar-refractivity contribution >= 4 is 37.4 Å². The van der Waals surface area contributed by atoms with Crippen molar-refractivity contribution in [1.82, 2.24) is 0 Å². The lowest BCUT2D eigenvalue weighted by atomic mass is 10.3. The van der Waals surface area contributed by atoms with E-state index in [1.54, 1.807) is 12.1 Å². The Morgan fingerprint density at radius 1 is 1.44 bits per heavy atom. The summed E-state index contributed by atoms with van der Waals surface area (Å²) in [7, 11) is -3.37. The lowest BCUT2D eigenvalue weighted by Crippen LogP contribution is -2.02. The van der Waals surface area contributed by atoms with E-state index in [-0.39, 0.29) is 9.92 Å². The largest absolute Gasteiger partial charge is 0.492 e. The summed E-state index contributed by atoms with van der Waals surface area (Å²) in [5, 5.41) is 0.130. The van der Waals surface area contributed by atoms with E-state index in [4.69, 9.17) is 16.3 Å². The van der Waals surface area contributed by atoms with Gasteiger partial charge in [-0.3, -0.25) is 0 Å². The average molecular weight is 328 g/mol. The molecule has 0 radical (unpaired) electrons. The molecule has 0 N–H and O–H groups in total. The van der Waals surface area contributed by atoms with Crippen LogP contribution in [-0.2, 0) is 9.84 Å². The predicted octanol–water partition coefficient (Wildman–Crippen LogP) is 3.29.